The fourth-order valence-electron chi connectivity index (χ4n) is 1.20. The van der Waals surface area contributed by atoms with Crippen molar-refractivity contribution in [2.24, 2.45) is 0 Å². The van der Waals surface area contributed by atoms with Crippen molar-refractivity contribution < 1.29 is 12.8 Å². The number of anilines is 1. The number of benzene rings is 1. The fraction of sp³-hybridized carbons (Fsp3) is 0.273. The first-order valence-corrected chi connectivity index (χ1v) is 7.66. The maximum absolute atomic E-state index is 13.0. The van der Waals surface area contributed by atoms with Crippen molar-refractivity contribution in [1.29, 1.82) is 0 Å². The Morgan fingerprint density at radius 1 is 1.44 bits per heavy atom. The van der Waals surface area contributed by atoms with E-state index >= 15 is 0 Å². The largest absolute Gasteiger partial charge is 0.399 e. The summed E-state index contributed by atoms with van der Waals surface area (Å²) in [6, 6.07) is 3.19. The topological polar surface area (TPSA) is 72.2 Å². The molecule has 0 fully saturated rings. The van der Waals surface area contributed by atoms with Crippen molar-refractivity contribution >= 4 is 27.5 Å². The van der Waals surface area contributed by atoms with Crippen LogP contribution in [0.25, 0.3) is 0 Å². The molecule has 0 unspecified atom stereocenters. The SMILES string of the molecule is C#CCSCCNS(=O)(=O)c1cc(N)cc(F)c1. The quantitative estimate of drug-likeness (QED) is 0.466. The zero-order valence-electron chi connectivity index (χ0n) is 9.52. The van der Waals surface area contributed by atoms with E-state index in [-0.39, 0.29) is 17.1 Å². The van der Waals surface area contributed by atoms with Gasteiger partial charge in [0.05, 0.1) is 10.6 Å². The molecule has 4 nitrogen and oxygen atoms in total. The molecular formula is C11H13FN2O2S2. The van der Waals surface area contributed by atoms with E-state index in [9.17, 15) is 12.8 Å². The molecule has 0 heterocycles. The van der Waals surface area contributed by atoms with Gasteiger partial charge in [-0.3, -0.25) is 0 Å². The molecule has 3 N–H and O–H groups in total. The molecule has 0 aliphatic heterocycles. The Labute approximate surface area is 110 Å². The van der Waals surface area contributed by atoms with Gasteiger partial charge in [0.2, 0.25) is 10.0 Å². The molecule has 0 amide bonds. The van der Waals surface area contributed by atoms with Crippen LogP contribution in [0.5, 0.6) is 0 Å². The lowest BCUT2D eigenvalue weighted by Gasteiger charge is -2.07. The van der Waals surface area contributed by atoms with Crippen LogP contribution >= 0.6 is 11.8 Å². The second-order valence-corrected chi connectivity index (χ2v) is 6.25. The Balaban J connectivity index is 2.66. The maximum atomic E-state index is 13.0. The number of halogens is 1. The van der Waals surface area contributed by atoms with E-state index in [4.69, 9.17) is 12.2 Å². The lowest BCUT2D eigenvalue weighted by Crippen LogP contribution is -2.26. The van der Waals surface area contributed by atoms with Crippen molar-refractivity contribution in [3.8, 4) is 12.3 Å². The minimum atomic E-state index is -3.73. The summed E-state index contributed by atoms with van der Waals surface area (Å²) in [5.41, 5.74) is 5.46. The number of hydrogen-bond donors (Lipinski definition) is 2. The fourth-order valence-corrected chi connectivity index (χ4v) is 2.94. The van der Waals surface area contributed by atoms with E-state index in [1.54, 1.807) is 0 Å². The minimum absolute atomic E-state index is 0.0667. The molecule has 0 aliphatic carbocycles. The summed E-state index contributed by atoms with van der Waals surface area (Å²) in [6.07, 6.45) is 5.06. The standard InChI is InChI=1S/C11H13FN2O2S2/c1-2-4-17-5-3-14-18(15,16)11-7-9(12)6-10(13)8-11/h1,6-8,14H,3-5,13H2. The van der Waals surface area contributed by atoms with Crippen molar-refractivity contribution in [3.63, 3.8) is 0 Å². The molecule has 18 heavy (non-hydrogen) atoms. The molecule has 1 rings (SSSR count). The van der Waals surface area contributed by atoms with E-state index in [0.29, 0.717) is 11.5 Å². The molecule has 0 bridgehead atoms. The highest BCUT2D eigenvalue weighted by Crippen LogP contribution is 2.15. The second kappa shape index (κ2) is 6.64. The summed E-state index contributed by atoms with van der Waals surface area (Å²) in [4.78, 5) is -0.179. The molecule has 0 aliphatic rings. The van der Waals surface area contributed by atoms with E-state index in [1.165, 1.54) is 17.8 Å². The van der Waals surface area contributed by atoms with Gasteiger partial charge in [-0.15, -0.1) is 18.2 Å². The summed E-state index contributed by atoms with van der Waals surface area (Å²) in [5.74, 6) is 2.82. The first-order chi connectivity index (χ1) is 8.45. The monoisotopic (exact) mass is 288 g/mol. The van der Waals surface area contributed by atoms with Crippen LogP contribution < -0.4 is 10.5 Å². The van der Waals surface area contributed by atoms with E-state index in [1.807, 2.05) is 0 Å². The normalized spacial score (nSPS) is 11.1. The number of nitrogens with two attached hydrogens (primary N) is 1. The number of nitrogens with one attached hydrogen (secondary N) is 1. The molecule has 0 radical (unpaired) electrons. The summed E-state index contributed by atoms with van der Waals surface area (Å²) >= 11 is 1.43. The third-order valence-electron chi connectivity index (χ3n) is 1.93. The van der Waals surface area contributed by atoms with Gasteiger partial charge in [0.25, 0.3) is 0 Å². The van der Waals surface area contributed by atoms with Crippen LogP contribution in [0.15, 0.2) is 23.1 Å². The molecule has 1 aromatic rings. The van der Waals surface area contributed by atoms with Gasteiger partial charge in [0.1, 0.15) is 5.82 Å². The predicted octanol–water partition coefficient (Wildman–Crippen LogP) is 1.05. The third kappa shape index (κ3) is 4.56. The molecule has 0 atom stereocenters. The molecule has 98 valence electrons. The average Bonchev–Trinajstić information content (AvgIpc) is 2.27. The summed E-state index contributed by atoms with van der Waals surface area (Å²) in [7, 11) is -3.73. The van der Waals surface area contributed by atoms with Gasteiger partial charge in [0.15, 0.2) is 0 Å². The maximum Gasteiger partial charge on any atom is 0.240 e. The molecule has 0 saturated heterocycles. The molecule has 0 saturated carbocycles. The van der Waals surface area contributed by atoms with Gasteiger partial charge in [0, 0.05) is 18.0 Å². The Bertz CT molecular complexity index is 532. The van der Waals surface area contributed by atoms with Crippen LogP contribution in [-0.4, -0.2) is 26.5 Å². The molecule has 0 aromatic heterocycles. The van der Waals surface area contributed by atoms with Crippen LogP contribution in [0.1, 0.15) is 0 Å². The zero-order valence-corrected chi connectivity index (χ0v) is 11.2. The van der Waals surface area contributed by atoms with Gasteiger partial charge in [-0.25, -0.2) is 17.5 Å². The Morgan fingerprint density at radius 3 is 2.78 bits per heavy atom. The Kier molecular flexibility index (Phi) is 5.47. The van der Waals surface area contributed by atoms with Gasteiger partial charge in [-0.2, -0.15) is 0 Å². The zero-order chi connectivity index (χ0) is 13.6. The highest BCUT2D eigenvalue weighted by molar-refractivity contribution is 7.99. The van der Waals surface area contributed by atoms with Gasteiger partial charge < -0.3 is 5.73 Å². The van der Waals surface area contributed by atoms with Crippen molar-refractivity contribution in [2.75, 3.05) is 23.8 Å². The second-order valence-electron chi connectivity index (χ2n) is 3.37. The lowest BCUT2D eigenvalue weighted by atomic mass is 10.3. The third-order valence-corrected chi connectivity index (χ3v) is 4.23. The van der Waals surface area contributed by atoms with Crippen LogP contribution in [-0.2, 0) is 10.0 Å². The number of nitrogen functional groups attached to an aromatic ring is 1. The van der Waals surface area contributed by atoms with E-state index in [0.717, 1.165) is 12.1 Å². The number of sulfonamides is 1. The van der Waals surface area contributed by atoms with Gasteiger partial charge in [-0.1, -0.05) is 5.92 Å². The highest BCUT2D eigenvalue weighted by Gasteiger charge is 2.14. The summed E-state index contributed by atoms with van der Waals surface area (Å²) in [5, 5.41) is 0. The molecule has 1 aromatic carbocycles. The number of rotatable bonds is 6. The van der Waals surface area contributed by atoms with Crippen molar-refractivity contribution in [2.45, 2.75) is 4.90 Å². The summed E-state index contributed by atoms with van der Waals surface area (Å²) in [6.45, 7) is 0.227. The Hall–Kier alpha value is -1.23. The number of thioether (sulfide) groups is 1. The highest BCUT2D eigenvalue weighted by atomic mass is 32.2. The number of terminal acetylenes is 1. The van der Waals surface area contributed by atoms with Crippen LogP contribution in [0.3, 0.4) is 0 Å². The van der Waals surface area contributed by atoms with Gasteiger partial charge >= 0.3 is 0 Å². The van der Waals surface area contributed by atoms with Crippen molar-refractivity contribution in [3.05, 3.63) is 24.0 Å². The minimum Gasteiger partial charge on any atom is -0.399 e. The average molecular weight is 288 g/mol. The van der Waals surface area contributed by atoms with Crippen LogP contribution in [0.4, 0.5) is 10.1 Å². The first kappa shape index (κ1) is 14.8. The van der Waals surface area contributed by atoms with Crippen molar-refractivity contribution in [1.82, 2.24) is 4.72 Å². The van der Waals surface area contributed by atoms with Crippen LogP contribution in [0.2, 0.25) is 0 Å². The number of hydrogen-bond acceptors (Lipinski definition) is 4. The summed E-state index contributed by atoms with van der Waals surface area (Å²) < 4.78 is 39.0. The Morgan fingerprint density at radius 2 is 2.17 bits per heavy atom. The smallest absolute Gasteiger partial charge is 0.240 e. The van der Waals surface area contributed by atoms with E-state index in [2.05, 4.69) is 10.6 Å². The van der Waals surface area contributed by atoms with Gasteiger partial charge in [-0.05, 0) is 18.2 Å². The molecule has 0 spiro atoms. The van der Waals surface area contributed by atoms with Crippen LogP contribution in [0, 0.1) is 18.2 Å². The predicted molar refractivity (Wildman–Crippen MR) is 72.2 cm³/mol. The molecular weight excluding hydrogens is 275 g/mol. The lowest BCUT2D eigenvalue weighted by molar-refractivity contribution is 0.580. The first-order valence-electron chi connectivity index (χ1n) is 5.02. The van der Waals surface area contributed by atoms with E-state index < -0.39 is 15.8 Å². The molecule has 7 heteroatoms.